The molecule has 0 amide bonds. The predicted octanol–water partition coefficient (Wildman–Crippen LogP) is 4.72. The molecule has 0 aliphatic carbocycles. The molecule has 24 heavy (non-hydrogen) atoms. The summed E-state index contributed by atoms with van der Waals surface area (Å²) in [5, 5.41) is 0. The number of halogens is 4. The SMILES string of the molecule is Cc1ncc(C2=NC(C)(C)C(F)(F)c3cc(F)ccc32)cc1CF. The van der Waals surface area contributed by atoms with E-state index >= 15 is 0 Å². The molecule has 0 saturated carbocycles. The Hall–Kier alpha value is -2.24. The highest BCUT2D eigenvalue weighted by molar-refractivity contribution is 6.14. The van der Waals surface area contributed by atoms with Crippen LogP contribution in [0, 0.1) is 12.7 Å². The zero-order valence-electron chi connectivity index (χ0n) is 13.5. The highest BCUT2D eigenvalue weighted by Gasteiger charge is 2.52. The molecule has 2 nitrogen and oxygen atoms in total. The first-order valence-corrected chi connectivity index (χ1v) is 7.47. The molecule has 0 atom stereocenters. The van der Waals surface area contributed by atoms with Crippen LogP contribution >= 0.6 is 0 Å². The predicted molar refractivity (Wildman–Crippen MR) is 83.8 cm³/mol. The minimum absolute atomic E-state index is 0.135. The number of nitrogens with zero attached hydrogens (tertiary/aromatic N) is 2. The fraction of sp³-hybridized carbons (Fsp3) is 0.333. The van der Waals surface area contributed by atoms with E-state index in [0.29, 0.717) is 16.8 Å². The van der Waals surface area contributed by atoms with E-state index in [9.17, 15) is 17.6 Å². The van der Waals surface area contributed by atoms with Crippen LogP contribution in [0.4, 0.5) is 17.6 Å². The van der Waals surface area contributed by atoms with E-state index in [1.165, 1.54) is 26.1 Å². The van der Waals surface area contributed by atoms with Gasteiger partial charge in [0.05, 0.1) is 5.71 Å². The monoisotopic (exact) mass is 336 g/mol. The fourth-order valence-electron chi connectivity index (χ4n) is 2.79. The summed E-state index contributed by atoms with van der Waals surface area (Å²) in [7, 11) is 0. The summed E-state index contributed by atoms with van der Waals surface area (Å²) in [4.78, 5) is 8.31. The second-order valence-corrected chi connectivity index (χ2v) is 6.39. The Bertz CT molecular complexity index is 841. The molecular formula is C18H16F4N2. The molecular weight excluding hydrogens is 320 g/mol. The lowest BCUT2D eigenvalue weighted by atomic mass is 9.81. The Balaban J connectivity index is 2.27. The number of hydrogen-bond acceptors (Lipinski definition) is 2. The smallest absolute Gasteiger partial charge is 0.271 e. The standard InChI is InChI=1S/C18H16F4N2/c1-10-11(8-19)6-12(9-23-10)16-14-5-4-13(20)7-15(14)18(21,22)17(2,3)24-16/h4-7,9H,8H2,1-3H3. The summed E-state index contributed by atoms with van der Waals surface area (Å²) in [6, 6.07) is 4.78. The van der Waals surface area contributed by atoms with Crippen molar-refractivity contribution in [2.45, 2.75) is 38.9 Å². The third-order valence-corrected chi connectivity index (χ3v) is 4.34. The summed E-state index contributed by atoms with van der Waals surface area (Å²) in [5.74, 6) is -4.06. The summed E-state index contributed by atoms with van der Waals surface area (Å²) >= 11 is 0. The molecule has 0 spiro atoms. The van der Waals surface area contributed by atoms with E-state index in [1.807, 2.05) is 0 Å². The minimum Gasteiger partial charge on any atom is -0.271 e. The molecule has 2 aromatic rings. The van der Waals surface area contributed by atoms with Crippen molar-refractivity contribution in [3.05, 3.63) is 64.2 Å². The lowest BCUT2D eigenvalue weighted by Crippen LogP contribution is -2.44. The van der Waals surface area contributed by atoms with Crippen LogP contribution in [0.3, 0.4) is 0 Å². The maximum atomic E-state index is 14.7. The summed E-state index contributed by atoms with van der Waals surface area (Å²) in [6.07, 6.45) is 1.47. The van der Waals surface area contributed by atoms with E-state index in [1.54, 1.807) is 13.0 Å². The summed E-state index contributed by atoms with van der Waals surface area (Å²) in [5.41, 5.74) is -0.441. The number of pyridine rings is 1. The van der Waals surface area contributed by atoms with Gasteiger partial charge in [-0.1, -0.05) is 0 Å². The number of fused-ring (bicyclic) bond motifs is 1. The first-order chi connectivity index (χ1) is 11.2. The van der Waals surface area contributed by atoms with Gasteiger partial charge in [0, 0.05) is 34.1 Å². The van der Waals surface area contributed by atoms with E-state index < -0.39 is 29.5 Å². The molecule has 0 N–H and O–H groups in total. The van der Waals surface area contributed by atoms with Crippen molar-refractivity contribution in [1.29, 1.82) is 0 Å². The number of hydrogen-bond donors (Lipinski definition) is 0. The molecule has 0 radical (unpaired) electrons. The number of alkyl halides is 3. The quantitative estimate of drug-likeness (QED) is 0.729. The average Bonchev–Trinajstić information content (AvgIpc) is 2.52. The highest BCUT2D eigenvalue weighted by Crippen LogP contribution is 2.46. The number of aromatic nitrogens is 1. The number of aliphatic imine (C=N–C) groups is 1. The average molecular weight is 336 g/mol. The van der Waals surface area contributed by atoms with Crippen LogP contribution in [-0.2, 0) is 12.6 Å². The van der Waals surface area contributed by atoms with Gasteiger partial charge in [-0.25, -0.2) is 8.78 Å². The third kappa shape index (κ3) is 2.41. The van der Waals surface area contributed by atoms with Crippen LogP contribution in [0.25, 0.3) is 0 Å². The molecule has 1 aliphatic rings. The molecule has 0 saturated heterocycles. The van der Waals surface area contributed by atoms with Gasteiger partial charge >= 0.3 is 0 Å². The van der Waals surface area contributed by atoms with Crippen molar-refractivity contribution < 1.29 is 17.6 Å². The molecule has 0 fully saturated rings. The lowest BCUT2D eigenvalue weighted by molar-refractivity contribution is -0.0684. The maximum Gasteiger partial charge on any atom is 0.298 e. The van der Waals surface area contributed by atoms with Crippen molar-refractivity contribution in [2.75, 3.05) is 0 Å². The Kier molecular flexibility index (Phi) is 3.73. The van der Waals surface area contributed by atoms with E-state index in [4.69, 9.17) is 0 Å². The van der Waals surface area contributed by atoms with Crippen LogP contribution in [0.1, 0.15) is 41.8 Å². The fourth-order valence-corrected chi connectivity index (χ4v) is 2.79. The number of rotatable bonds is 2. The van der Waals surface area contributed by atoms with Gasteiger partial charge in [-0.15, -0.1) is 0 Å². The molecule has 1 aromatic carbocycles. The van der Waals surface area contributed by atoms with Crippen molar-refractivity contribution in [1.82, 2.24) is 4.98 Å². The third-order valence-electron chi connectivity index (χ3n) is 4.34. The van der Waals surface area contributed by atoms with Crippen molar-refractivity contribution in [3.63, 3.8) is 0 Å². The lowest BCUT2D eigenvalue weighted by Gasteiger charge is -2.37. The molecule has 0 unspecified atom stereocenters. The zero-order valence-corrected chi connectivity index (χ0v) is 13.5. The zero-order chi connectivity index (χ0) is 17.7. The van der Waals surface area contributed by atoms with Gasteiger partial charge in [0.1, 0.15) is 18.0 Å². The van der Waals surface area contributed by atoms with Gasteiger partial charge in [0.25, 0.3) is 5.92 Å². The van der Waals surface area contributed by atoms with Crippen molar-refractivity contribution >= 4 is 5.71 Å². The van der Waals surface area contributed by atoms with Crippen LogP contribution in [0.2, 0.25) is 0 Å². The van der Waals surface area contributed by atoms with Gasteiger partial charge in [-0.2, -0.15) is 8.78 Å². The Morgan fingerprint density at radius 2 is 1.83 bits per heavy atom. The van der Waals surface area contributed by atoms with E-state index in [0.717, 1.165) is 12.1 Å². The molecule has 6 heteroatoms. The molecule has 0 bridgehead atoms. The van der Waals surface area contributed by atoms with Gasteiger partial charge in [-0.3, -0.25) is 9.98 Å². The second-order valence-electron chi connectivity index (χ2n) is 6.39. The van der Waals surface area contributed by atoms with Crippen LogP contribution < -0.4 is 0 Å². The van der Waals surface area contributed by atoms with Gasteiger partial charge in [-0.05, 0) is 45.0 Å². The van der Waals surface area contributed by atoms with Crippen LogP contribution in [-0.4, -0.2) is 16.2 Å². The second kappa shape index (κ2) is 5.40. The topological polar surface area (TPSA) is 25.2 Å². The van der Waals surface area contributed by atoms with E-state index in [2.05, 4.69) is 9.98 Å². The Morgan fingerprint density at radius 1 is 1.12 bits per heavy atom. The number of benzene rings is 1. The molecule has 1 aromatic heterocycles. The van der Waals surface area contributed by atoms with Crippen molar-refractivity contribution in [3.8, 4) is 0 Å². The molecule has 3 rings (SSSR count). The maximum absolute atomic E-state index is 14.7. The summed E-state index contributed by atoms with van der Waals surface area (Å²) in [6.45, 7) is 3.54. The normalized spacial score (nSPS) is 18.0. The molecule has 2 heterocycles. The minimum atomic E-state index is -3.32. The Morgan fingerprint density at radius 3 is 2.50 bits per heavy atom. The Labute approximate surface area is 137 Å². The molecule has 126 valence electrons. The first kappa shape index (κ1) is 16.6. The van der Waals surface area contributed by atoms with Gasteiger partial charge in [0.15, 0.2) is 0 Å². The highest BCUT2D eigenvalue weighted by atomic mass is 19.3. The summed E-state index contributed by atoms with van der Waals surface area (Å²) < 4.78 is 56.1. The molecule has 1 aliphatic heterocycles. The van der Waals surface area contributed by atoms with Crippen molar-refractivity contribution in [2.24, 2.45) is 4.99 Å². The van der Waals surface area contributed by atoms with Gasteiger partial charge in [0.2, 0.25) is 0 Å². The van der Waals surface area contributed by atoms with Crippen LogP contribution in [0.5, 0.6) is 0 Å². The largest absolute Gasteiger partial charge is 0.298 e. The van der Waals surface area contributed by atoms with Gasteiger partial charge < -0.3 is 0 Å². The van der Waals surface area contributed by atoms with Crippen LogP contribution in [0.15, 0.2) is 35.5 Å². The number of aryl methyl sites for hydroxylation is 1. The van der Waals surface area contributed by atoms with E-state index in [-0.39, 0.29) is 11.3 Å². The first-order valence-electron chi connectivity index (χ1n) is 7.47.